The number of fused-ring (bicyclic) bond motifs is 1. The fourth-order valence-corrected chi connectivity index (χ4v) is 3.81. The Morgan fingerprint density at radius 3 is 1.96 bits per heavy atom. The third-order valence-electron chi connectivity index (χ3n) is 3.58. The molecule has 3 aromatic carbocycles. The summed E-state index contributed by atoms with van der Waals surface area (Å²) >= 11 is 0. The lowest BCUT2D eigenvalue weighted by atomic mass is 10.3. The van der Waals surface area contributed by atoms with Gasteiger partial charge in [0.2, 0.25) is 6.79 Å². The van der Waals surface area contributed by atoms with Crippen LogP contribution in [0.15, 0.2) is 78.9 Å². The van der Waals surface area contributed by atoms with Gasteiger partial charge in [0.15, 0.2) is 11.5 Å². The zero-order chi connectivity index (χ0) is 17.8. The highest BCUT2D eigenvalue weighted by molar-refractivity contribution is 7.56. The van der Waals surface area contributed by atoms with E-state index < -0.39 is 7.75 Å². The number of benzene rings is 3. The number of hydrogen-bond acceptors (Lipinski definition) is 5. The Kier molecular flexibility index (Phi) is 4.42. The van der Waals surface area contributed by atoms with Crippen LogP contribution in [-0.4, -0.2) is 6.79 Å². The second kappa shape index (κ2) is 7.02. The summed E-state index contributed by atoms with van der Waals surface area (Å²) in [4.78, 5) is 0. The number of rotatable bonds is 6. The molecule has 0 saturated heterocycles. The molecule has 26 heavy (non-hydrogen) atoms. The highest BCUT2D eigenvalue weighted by Crippen LogP contribution is 2.49. The molecule has 1 N–H and O–H groups in total. The van der Waals surface area contributed by atoms with Crippen molar-refractivity contribution in [1.29, 1.82) is 0 Å². The SMILES string of the molecule is O=P(Nc1ccc2c(c1)OCO2)(Oc1ccccc1)Oc1ccccc1. The van der Waals surface area contributed by atoms with Gasteiger partial charge in [-0.2, -0.15) is 0 Å². The predicted octanol–water partition coefficient (Wildman–Crippen LogP) is 5.09. The van der Waals surface area contributed by atoms with Crippen molar-refractivity contribution in [2.75, 3.05) is 11.9 Å². The molecule has 0 bridgehead atoms. The van der Waals surface area contributed by atoms with E-state index in [2.05, 4.69) is 5.09 Å². The summed E-state index contributed by atoms with van der Waals surface area (Å²) in [5, 5.41) is 2.86. The molecule has 0 atom stereocenters. The van der Waals surface area contributed by atoms with Crippen LogP contribution < -0.4 is 23.6 Å². The highest BCUT2D eigenvalue weighted by Gasteiger charge is 2.30. The Morgan fingerprint density at radius 1 is 0.769 bits per heavy atom. The quantitative estimate of drug-likeness (QED) is 0.610. The van der Waals surface area contributed by atoms with Crippen LogP contribution in [0.25, 0.3) is 0 Å². The minimum absolute atomic E-state index is 0.164. The van der Waals surface area contributed by atoms with E-state index in [1.54, 1.807) is 66.7 Å². The number of para-hydroxylation sites is 2. The average molecular weight is 369 g/mol. The molecule has 4 rings (SSSR count). The monoisotopic (exact) mass is 369 g/mol. The summed E-state index contributed by atoms with van der Waals surface area (Å²) in [5.41, 5.74) is 0.532. The first kappa shape index (κ1) is 16.4. The molecule has 0 spiro atoms. The summed E-state index contributed by atoms with van der Waals surface area (Å²) in [7, 11) is -3.76. The van der Waals surface area contributed by atoms with Crippen molar-refractivity contribution in [1.82, 2.24) is 0 Å². The second-order valence-electron chi connectivity index (χ2n) is 5.49. The average Bonchev–Trinajstić information content (AvgIpc) is 3.11. The van der Waals surface area contributed by atoms with Crippen molar-refractivity contribution in [3.63, 3.8) is 0 Å². The Balaban J connectivity index is 1.62. The number of anilines is 1. The molecule has 3 aromatic rings. The summed E-state index contributed by atoms with van der Waals surface area (Å²) in [5.74, 6) is 2.07. The standard InChI is InChI=1S/C19H16NO5P/c21-26(24-16-7-3-1-4-8-16,25-17-9-5-2-6-10-17)20-15-11-12-18-19(13-15)23-14-22-18/h1-13H,14H2,(H,20,21). The van der Waals surface area contributed by atoms with Crippen molar-refractivity contribution in [3.05, 3.63) is 78.9 Å². The molecule has 0 unspecified atom stereocenters. The van der Waals surface area contributed by atoms with E-state index in [-0.39, 0.29) is 6.79 Å². The lowest BCUT2D eigenvalue weighted by Crippen LogP contribution is -2.09. The Bertz CT molecular complexity index is 888. The van der Waals surface area contributed by atoms with Gasteiger partial charge in [0.05, 0.1) is 0 Å². The van der Waals surface area contributed by atoms with Crippen molar-refractivity contribution in [2.24, 2.45) is 0 Å². The fraction of sp³-hybridized carbons (Fsp3) is 0.0526. The summed E-state index contributed by atoms with van der Waals surface area (Å²) < 4.78 is 35.4. The molecule has 0 saturated carbocycles. The van der Waals surface area contributed by atoms with Crippen LogP contribution in [0.1, 0.15) is 0 Å². The van der Waals surface area contributed by atoms with Crippen molar-refractivity contribution >= 4 is 13.4 Å². The maximum absolute atomic E-state index is 13.4. The molecule has 1 aliphatic rings. The molecule has 1 heterocycles. The molecular weight excluding hydrogens is 353 g/mol. The zero-order valence-corrected chi connectivity index (χ0v) is 14.6. The number of ether oxygens (including phenoxy) is 2. The molecule has 132 valence electrons. The first-order valence-electron chi connectivity index (χ1n) is 7.97. The minimum Gasteiger partial charge on any atom is -0.454 e. The van der Waals surface area contributed by atoms with Gasteiger partial charge in [0.25, 0.3) is 0 Å². The molecule has 0 aromatic heterocycles. The van der Waals surface area contributed by atoms with Gasteiger partial charge in [-0.3, -0.25) is 5.09 Å². The van der Waals surface area contributed by atoms with Gasteiger partial charge < -0.3 is 18.5 Å². The maximum atomic E-state index is 13.4. The molecule has 1 aliphatic heterocycles. The molecule has 6 nitrogen and oxygen atoms in total. The third kappa shape index (κ3) is 3.76. The van der Waals surface area contributed by atoms with Gasteiger partial charge in [-0.05, 0) is 36.4 Å². The second-order valence-corrected chi connectivity index (χ2v) is 7.07. The van der Waals surface area contributed by atoms with Crippen LogP contribution in [0.3, 0.4) is 0 Å². The first-order chi connectivity index (χ1) is 12.7. The highest BCUT2D eigenvalue weighted by atomic mass is 31.2. The summed E-state index contributed by atoms with van der Waals surface area (Å²) in [6.07, 6.45) is 0. The van der Waals surface area contributed by atoms with Crippen molar-refractivity contribution in [2.45, 2.75) is 0 Å². The van der Waals surface area contributed by atoms with Gasteiger partial charge >= 0.3 is 7.75 Å². The lowest BCUT2D eigenvalue weighted by Gasteiger charge is -2.21. The molecular formula is C19H16NO5P. The van der Waals surface area contributed by atoms with Crippen LogP contribution in [0, 0.1) is 0 Å². The lowest BCUT2D eigenvalue weighted by molar-refractivity contribution is 0.174. The molecule has 0 aliphatic carbocycles. The topological polar surface area (TPSA) is 66.0 Å². The van der Waals surface area contributed by atoms with E-state index >= 15 is 0 Å². The van der Waals surface area contributed by atoms with Gasteiger partial charge in [0.1, 0.15) is 11.5 Å². The number of nitrogens with one attached hydrogen (secondary N) is 1. The van der Waals surface area contributed by atoms with Crippen LogP contribution in [0.5, 0.6) is 23.0 Å². The van der Waals surface area contributed by atoms with Gasteiger partial charge in [0, 0.05) is 11.8 Å². The zero-order valence-electron chi connectivity index (χ0n) is 13.7. The summed E-state index contributed by atoms with van der Waals surface area (Å²) in [6, 6.07) is 22.9. The van der Waals surface area contributed by atoms with Gasteiger partial charge in [-0.15, -0.1) is 0 Å². The van der Waals surface area contributed by atoms with E-state index in [1.807, 2.05) is 12.1 Å². The van der Waals surface area contributed by atoms with Crippen LogP contribution in [0.2, 0.25) is 0 Å². The smallest absolute Gasteiger partial charge is 0.454 e. The van der Waals surface area contributed by atoms with E-state index in [0.717, 1.165) is 0 Å². The molecule has 0 amide bonds. The Morgan fingerprint density at radius 2 is 1.35 bits per heavy atom. The largest absolute Gasteiger partial charge is 0.541 e. The van der Waals surface area contributed by atoms with Crippen molar-refractivity contribution in [3.8, 4) is 23.0 Å². The molecule has 7 heteroatoms. The van der Waals surface area contributed by atoms with E-state index in [1.165, 1.54) is 0 Å². The minimum atomic E-state index is -3.76. The summed E-state index contributed by atoms with van der Waals surface area (Å²) in [6.45, 7) is 0.164. The van der Waals surface area contributed by atoms with Gasteiger partial charge in [-0.25, -0.2) is 4.57 Å². The predicted molar refractivity (Wildman–Crippen MR) is 97.9 cm³/mol. The van der Waals surface area contributed by atoms with Crippen LogP contribution in [0.4, 0.5) is 5.69 Å². The molecule has 0 radical (unpaired) electrons. The Labute approximate surface area is 150 Å². The number of hydrogen-bond donors (Lipinski definition) is 1. The van der Waals surface area contributed by atoms with Crippen LogP contribution in [-0.2, 0) is 4.57 Å². The van der Waals surface area contributed by atoms with Crippen LogP contribution >= 0.6 is 7.75 Å². The van der Waals surface area contributed by atoms with Crippen molar-refractivity contribution < 1.29 is 23.1 Å². The first-order valence-corrected chi connectivity index (χ1v) is 9.52. The van der Waals surface area contributed by atoms with E-state index in [0.29, 0.717) is 28.7 Å². The van der Waals surface area contributed by atoms with E-state index in [4.69, 9.17) is 18.5 Å². The Hall–Kier alpha value is -3.11. The third-order valence-corrected chi connectivity index (χ3v) is 5.01. The normalized spacial score (nSPS) is 12.5. The van der Waals surface area contributed by atoms with Gasteiger partial charge in [-0.1, -0.05) is 36.4 Å². The fourth-order valence-electron chi connectivity index (χ4n) is 2.43. The maximum Gasteiger partial charge on any atom is 0.541 e. The molecule has 0 fully saturated rings. The van der Waals surface area contributed by atoms with E-state index in [9.17, 15) is 4.57 Å².